The molecule has 3 atom stereocenters. The van der Waals surface area contributed by atoms with Crippen LogP contribution in [0.25, 0.3) is 0 Å². The number of thioether (sulfide) groups is 1. The maximum atomic E-state index is 12.3. The zero-order valence-electron chi connectivity index (χ0n) is 14.3. The molecule has 1 aliphatic heterocycles. The number of hydrogen-bond donors (Lipinski definition) is 1. The quantitative estimate of drug-likeness (QED) is 0.658. The van der Waals surface area contributed by atoms with E-state index in [-0.39, 0.29) is 22.6 Å². The highest BCUT2D eigenvalue weighted by Gasteiger charge is 2.57. The van der Waals surface area contributed by atoms with Gasteiger partial charge < -0.3 is 9.74 Å². The van der Waals surface area contributed by atoms with Crippen molar-refractivity contribution in [1.29, 1.82) is 0 Å². The van der Waals surface area contributed by atoms with Crippen LogP contribution in [0.2, 0.25) is 13.1 Å². The molecule has 2 rings (SSSR count). The van der Waals surface area contributed by atoms with Gasteiger partial charge in [0.25, 0.3) is 0 Å². The van der Waals surface area contributed by atoms with E-state index in [1.165, 1.54) is 4.90 Å². The standard InChI is InChI=1S/C17H27NO2SSi/c1-16(2,3)17(4,20-22(5)6)13-14(19)18-15(13)21-12-10-8-7-9-11-12/h7-11,13,15,22H,1-6H3,(H,18,19)/t13-,15+,17-/m1/s1. The second-order valence-electron chi connectivity index (χ2n) is 7.36. The van der Waals surface area contributed by atoms with Gasteiger partial charge in [-0.25, -0.2) is 0 Å². The Morgan fingerprint density at radius 1 is 1.14 bits per heavy atom. The Morgan fingerprint density at radius 3 is 2.18 bits per heavy atom. The van der Waals surface area contributed by atoms with Gasteiger partial charge in [-0.15, -0.1) is 11.8 Å². The summed E-state index contributed by atoms with van der Waals surface area (Å²) < 4.78 is 6.41. The number of amides is 1. The lowest BCUT2D eigenvalue weighted by Crippen LogP contribution is -2.69. The second-order valence-corrected chi connectivity index (χ2v) is 10.9. The largest absolute Gasteiger partial charge is 0.414 e. The highest BCUT2D eigenvalue weighted by atomic mass is 32.2. The summed E-state index contributed by atoms with van der Waals surface area (Å²) in [6.07, 6.45) is 0. The van der Waals surface area contributed by atoms with Gasteiger partial charge in [-0.1, -0.05) is 39.0 Å². The molecule has 1 N–H and O–H groups in total. The maximum absolute atomic E-state index is 12.3. The molecule has 3 nitrogen and oxygen atoms in total. The van der Waals surface area contributed by atoms with Crippen molar-refractivity contribution in [2.24, 2.45) is 11.3 Å². The number of carbonyl (C=O) groups excluding carboxylic acids is 1. The lowest BCUT2D eigenvalue weighted by molar-refractivity contribution is -0.153. The summed E-state index contributed by atoms with van der Waals surface area (Å²) in [5.74, 6) is -0.00638. The predicted octanol–water partition coefficient (Wildman–Crippen LogP) is 3.66. The van der Waals surface area contributed by atoms with Crippen LogP contribution in [0.4, 0.5) is 0 Å². The van der Waals surface area contributed by atoms with Gasteiger partial charge in [0.15, 0.2) is 9.04 Å². The van der Waals surface area contributed by atoms with E-state index < -0.39 is 14.6 Å². The van der Waals surface area contributed by atoms with Crippen LogP contribution in [0.1, 0.15) is 27.7 Å². The number of rotatable bonds is 5. The van der Waals surface area contributed by atoms with Crippen molar-refractivity contribution < 1.29 is 9.22 Å². The first kappa shape index (κ1) is 17.6. The summed E-state index contributed by atoms with van der Waals surface area (Å²) in [5.41, 5.74) is -0.537. The third-order valence-electron chi connectivity index (χ3n) is 4.44. The molecule has 0 radical (unpaired) electrons. The SMILES string of the molecule is C[SiH](C)O[C@](C)([C@@H]1C(=O)N[C@H]1Sc1ccccc1)C(C)(C)C. The molecule has 122 valence electrons. The van der Waals surface area contributed by atoms with Gasteiger partial charge in [-0.05, 0) is 37.6 Å². The van der Waals surface area contributed by atoms with Crippen molar-refractivity contribution in [2.45, 2.75) is 56.7 Å². The molecule has 1 fully saturated rings. The molecule has 0 spiro atoms. The van der Waals surface area contributed by atoms with Crippen LogP contribution < -0.4 is 5.32 Å². The molecule has 1 amide bonds. The van der Waals surface area contributed by atoms with Crippen LogP contribution >= 0.6 is 11.8 Å². The molecular formula is C17H27NO2SSi. The molecule has 1 aliphatic rings. The van der Waals surface area contributed by atoms with Crippen LogP contribution in [-0.4, -0.2) is 25.9 Å². The van der Waals surface area contributed by atoms with Crippen LogP contribution in [-0.2, 0) is 9.22 Å². The Bertz CT molecular complexity index is 529. The Morgan fingerprint density at radius 2 is 1.73 bits per heavy atom. The molecule has 1 saturated heterocycles. The van der Waals surface area contributed by atoms with Gasteiger partial charge >= 0.3 is 0 Å². The fourth-order valence-corrected chi connectivity index (χ4v) is 5.62. The zero-order valence-corrected chi connectivity index (χ0v) is 16.3. The van der Waals surface area contributed by atoms with Gasteiger partial charge in [0.1, 0.15) is 0 Å². The van der Waals surface area contributed by atoms with Gasteiger partial charge in [-0.3, -0.25) is 4.79 Å². The summed E-state index contributed by atoms with van der Waals surface area (Å²) >= 11 is 1.72. The third-order valence-corrected chi connectivity index (χ3v) is 6.59. The minimum Gasteiger partial charge on any atom is -0.414 e. The molecule has 0 aromatic heterocycles. The fourth-order valence-electron chi connectivity index (χ4n) is 2.84. The summed E-state index contributed by atoms with van der Waals surface area (Å²) in [6.45, 7) is 12.9. The molecule has 0 bridgehead atoms. The molecular weight excluding hydrogens is 310 g/mol. The van der Waals surface area contributed by atoms with E-state index in [0.29, 0.717) is 0 Å². The lowest BCUT2D eigenvalue weighted by atomic mass is 9.67. The molecule has 1 aromatic carbocycles. The zero-order chi connectivity index (χ0) is 16.5. The monoisotopic (exact) mass is 337 g/mol. The van der Waals surface area contributed by atoms with Crippen molar-refractivity contribution in [1.82, 2.24) is 5.32 Å². The molecule has 0 aliphatic carbocycles. The van der Waals surface area contributed by atoms with Crippen LogP contribution in [0.5, 0.6) is 0 Å². The Kier molecular flexibility index (Phi) is 5.09. The van der Waals surface area contributed by atoms with E-state index in [0.717, 1.165) is 0 Å². The molecule has 1 aromatic rings. The molecule has 1 heterocycles. The van der Waals surface area contributed by atoms with Gasteiger partial charge in [-0.2, -0.15) is 0 Å². The highest BCUT2D eigenvalue weighted by molar-refractivity contribution is 8.00. The van der Waals surface area contributed by atoms with Crippen molar-refractivity contribution in [3.05, 3.63) is 30.3 Å². The third kappa shape index (κ3) is 3.41. The van der Waals surface area contributed by atoms with Crippen molar-refractivity contribution in [3.63, 3.8) is 0 Å². The van der Waals surface area contributed by atoms with Gasteiger partial charge in [0, 0.05) is 4.90 Å². The van der Waals surface area contributed by atoms with E-state index in [1.807, 2.05) is 18.2 Å². The van der Waals surface area contributed by atoms with Crippen LogP contribution in [0.3, 0.4) is 0 Å². The number of benzene rings is 1. The average molecular weight is 338 g/mol. The van der Waals surface area contributed by atoms with E-state index >= 15 is 0 Å². The Labute approximate surface area is 139 Å². The van der Waals surface area contributed by atoms with Crippen molar-refractivity contribution in [3.8, 4) is 0 Å². The summed E-state index contributed by atoms with van der Waals surface area (Å²) in [5, 5.41) is 3.13. The first-order chi connectivity index (χ1) is 10.1. The van der Waals surface area contributed by atoms with E-state index in [4.69, 9.17) is 4.43 Å². The van der Waals surface area contributed by atoms with Crippen molar-refractivity contribution in [2.75, 3.05) is 0 Å². The minimum atomic E-state index is -1.26. The van der Waals surface area contributed by atoms with Crippen LogP contribution in [0, 0.1) is 11.3 Å². The van der Waals surface area contributed by atoms with Crippen molar-refractivity contribution >= 4 is 26.7 Å². The Balaban J connectivity index is 2.24. The second kappa shape index (κ2) is 6.38. The molecule has 5 heteroatoms. The Hall–Kier alpha value is -0.783. The number of hydrogen-bond acceptors (Lipinski definition) is 3. The summed E-state index contributed by atoms with van der Waals surface area (Å²) in [7, 11) is -1.26. The molecule has 0 saturated carbocycles. The van der Waals surface area contributed by atoms with E-state index in [9.17, 15) is 4.79 Å². The molecule has 0 unspecified atom stereocenters. The lowest BCUT2D eigenvalue weighted by Gasteiger charge is -2.54. The van der Waals surface area contributed by atoms with Crippen LogP contribution in [0.15, 0.2) is 35.2 Å². The maximum Gasteiger partial charge on any atom is 0.229 e. The topological polar surface area (TPSA) is 38.3 Å². The summed E-state index contributed by atoms with van der Waals surface area (Å²) in [4.78, 5) is 13.5. The highest BCUT2D eigenvalue weighted by Crippen LogP contribution is 2.47. The number of β-lactam (4-membered cyclic amide) rings is 1. The molecule has 22 heavy (non-hydrogen) atoms. The first-order valence-corrected chi connectivity index (χ1v) is 11.5. The fraction of sp³-hybridized carbons (Fsp3) is 0.588. The van der Waals surface area contributed by atoms with E-state index in [2.05, 4.69) is 58.2 Å². The number of carbonyl (C=O) groups is 1. The predicted molar refractivity (Wildman–Crippen MR) is 95.5 cm³/mol. The van der Waals surface area contributed by atoms with E-state index in [1.54, 1.807) is 11.8 Å². The van der Waals surface area contributed by atoms with Gasteiger partial charge in [0.2, 0.25) is 5.91 Å². The number of nitrogens with one attached hydrogen (secondary N) is 1. The minimum absolute atomic E-state index is 0.0758. The average Bonchev–Trinajstić information content (AvgIpc) is 2.36. The smallest absolute Gasteiger partial charge is 0.229 e. The first-order valence-electron chi connectivity index (χ1n) is 7.85. The van der Waals surface area contributed by atoms with Gasteiger partial charge in [0.05, 0.1) is 16.9 Å². The normalized spacial score (nSPS) is 24.6. The summed E-state index contributed by atoms with van der Waals surface area (Å²) in [6, 6.07) is 10.2.